The molecule has 0 spiro atoms. The third-order valence-corrected chi connectivity index (χ3v) is 8.73. The van der Waals surface area contributed by atoms with Gasteiger partial charge >= 0.3 is 11.9 Å². The summed E-state index contributed by atoms with van der Waals surface area (Å²) in [4.78, 5) is 45.5. The molecule has 10 nitrogen and oxygen atoms in total. The van der Waals surface area contributed by atoms with Gasteiger partial charge in [0.25, 0.3) is 5.91 Å². The lowest BCUT2D eigenvalue weighted by molar-refractivity contribution is -0.274. The van der Waals surface area contributed by atoms with Gasteiger partial charge in [0.1, 0.15) is 11.4 Å². The summed E-state index contributed by atoms with van der Waals surface area (Å²) in [5.74, 6) is 0.00814. The van der Waals surface area contributed by atoms with E-state index in [1.165, 1.54) is 5.17 Å². The normalized spacial score (nSPS) is 21.0. The lowest BCUT2D eigenvalue weighted by atomic mass is 9.76. The van der Waals surface area contributed by atoms with E-state index in [4.69, 9.17) is 14.3 Å². The second kappa shape index (κ2) is 14.2. The molecule has 0 unspecified atom stereocenters. The van der Waals surface area contributed by atoms with Gasteiger partial charge in [-0.1, -0.05) is 42.6 Å². The van der Waals surface area contributed by atoms with Gasteiger partial charge in [0.2, 0.25) is 0 Å². The molecular formula is C32H50N4O6. The highest BCUT2D eigenvalue weighted by Crippen LogP contribution is 2.37. The number of carbonyl (C=O) groups is 3. The smallest absolute Gasteiger partial charge is 0.340 e. The van der Waals surface area contributed by atoms with Crippen LogP contribution in [-0.4, -0.2) is 90.0 Å². The molecule has 1 aromatic carbocycles. The third kappa shape index (κ3) is 8.45. The summed E-state index contributed by atoms with van der Waals surface area (Å²) < 4.78 is 11.1. The fraction of sp³-hybridized carbons (Fsp3) is 0.719. The SMILES string of the molecule is COc1ccccc1CCC(=O)N(OC(=O)C1(C)CCCCC1)N1CCN(N2CCC(C(=O)OC(C)(C)C)CC2)CC1. The molecular weight excluding hydrogens is 536 g/mol. The van der Waals surface area contributed by atoms with Crippen molar-refractivity contribution in [1.29, 1.82) is 0 Å². The number of hydrogen-bond donors (Lipinski definition) is 0. The van der Waals surface area contributed by atoms with Crippen LogP contribution in [0.5, 0.6) is 5.75 Å². The Kier molecular flexibility index (Phi) is 10.9. The number of piperazine rings is 1. The number of esters is 1. The number of para-hydroxylation sites is 1. The Morgan fingerprint density at radius 2 is 1.55 bits per heavy atom. The quantitative estimate of drug-likeness (QED) is 0.325. The van der Waals surface area contributed by atoms with Crippen molar-refractivity contribution in [1.82, 2.24) is 20.2 Å². The molecule has 3 fully saturated rings. The van der Waals surface area contributed by atoms with Gasteiger partial charge in [-0.25, -0.2) is 14.8 Å². The van der Waals surface area contributed by atoms with E-state index in [-0.39, 0.29) is 30.2 Å². The maximum atomic E-state index is 13.6. The van der Waals surface area contributed by atoms with Crippen molar-refractivity contribution in [2.24, 2.45) is 11.3 Å². The van der Waals surface area contributed by atoms with Crippen LogP contribution in [0.1, 0.15) is 84.6 Å². The first-order chi connectivity index (χ1) is 20.0. The first-order valence-electron chi connectivity index (χ1n) is 15.6. The molecule has 42 heavy (non-hydrogen) atoms. The van der Waals surface area contributed by atoms with E-state index in [1.807, 2.05) is 57.0 Å². The summed E-state index contributed by atoms with van der Waals surface area (Å²) in [6.45, 7) is 11.7. The van der Waals surface area contributed by atoms with E-state index in [9.17, 15) is 14.4 Å². The minimum absolute atomic E-state index is 0.0707. The fourth-order valence-corrected chi connectivity index (χ4v) is 6.16. The molecule has 234 valence electrons. The van der Waals surface area contributed by atoms with Gasteiger partial charge in [0, 0.05) is 45.7 Å². The van der Waals surface area contributed by atoms with Gasteiger partial charge in [0.15, 0.2) is 0 Å². The molecule has 0 atom stereocenters. The van der Waals surface area contributed by atoms with Crippen LogP contribution in [0.25, 0.3) is 0 Å². The third-order valence-electron chi connectivity index (χ3n) is 8.73. The standard InChI is InChI=1S/C32H50N4O6/c1-31(2,3)41-29(38)26-15-19-33(20-16-26)34-21-23-35(24-22-34)36(42-30(39)32(4)17-9-6-10-18-32)28(37)14-13-25-11-7-8-12-27(25)40-5/h7-8,11-12,26H,6,9-10,13-24H2,1-5H3. The van der Waals surface area contributed by atoms with Gasteiger partial charge in [-0.05, 0) is 71.4 Å². The monoisotopic (exact) mass is 586 g/mol. The fourth-order valence-electron chi connectivity index (χ4n) is 6.16. The predicted molar refractivity (Wildman–Crippen MR) is 159 cm³/mol. The second-order valence-corrected chi connectivity index (χ2v) is 13.1. The molecule has 1 aliphatic carbocycles. The van der Waals surface area contributed by atoms with Crippen LogP contribution < -0.4 is 4.74 Å². The average molecular weight is 587 g/mol. The van der Waals surface area contributed by atoms with Gasteiger partial charge in [-0.3, -0.25) is 9.59 Å². The largest absolute Gasteiger partial charge is 0.496 e. The van der Waals surface area contributed by atoms with Crippen LogP contribution >= 0.6 is 0 Å². The molecule has 1 aromatic rings. The number of amides is 1. The van der Waals surface area contributed by atoms with Crippen molar-refractivity contribution in [3.05, 3.63) is 29.8 Å². The Morgan fingerprint density at radius 3 is 2.17 bits per heavy atom. The first kappa shape index (κ1) is 32.2. The number of benzene rings is 1. The van der Waals surface area contributed by atoms with E-state index >= 15 is 0 Å². The van der Waals surface area contributed by atoms with Crippen molar-refractivity contribution in [3.8, 4) is 5.75 Å². The zero-order valence-corrected chi connectivity index (χ0v) is 26.2. The van der Waals surface area contributed by atoms with Crippen molar-refractivity contribution in [3.63, 3.8) is 0 Å². The summed E-state index contributed by atoms with van der Waals surface area (Å²) in [5, 5.41) is 7.73. The number of ether oxygens (including phenoxy) is 2. The number of piperidine rings is 1. The molecule has 0 bridgehead atoms. The summed E-state index contributed by atoms with van der Waals surface area (Å²) in [7, 11) is 1.62. The van der Waals surface area contributed by atoms with Crippen molar-refractivity contribution < 1.29 is 28.7 Å². The Bertz CT molecular complexity index is 1070. The molecule has 3 aliphatic rings. The maximum Gasteiger partial charge on any atom is 0.340 e. The minimum atomic E-state index is -0.570. The zero-order valence-electron chi connectivity index (χ0n) is 26.2. The van der Waals surface area contributed by atoms with Crippen LogP contribution in [0.3, 0.4) is 0 Å². The summed E-state index contributed by atoms with van der Waals surface area (Å²) in [6.07, 6.45) is 6.89. The van der Waals surface area contributed by atoms with Gasteiger partial charge in [-0.15, -0.1) is 0 Å². The van der Waals surface area contributed by atoms with Crippen LogP contribution in [0.4, 0.5) is 0 Å². The molecule has 10 heteroatoms. The number of nitrogens with zero attached hydrogens (tertiary/aromatic N) is 4. The number of hydroxylamine groups is 1. The molecule has 2 saturated heterocycles. The Hall–Kier alpha value is -2.69. The number of rotatable bonds is 8. The summed E-state index contributed by atoms with van der Waals surface area (Å²) in [5.41, 5.74) is -0.100. The maximum absolute atomic E-state index is 13.6. The number of aryl methyl sites for hydroxylation is 1. The average Bonchev–Trinajstić information content (AvgIpc) is 2.98. The number of carbonyl (C=O) groups excluding carboxylic acids is 3. The first-order valence-corrected chi connectivity index (χ1v) is 15.6. The Morgan fingerprint density at radius 1 is 0.929 bits per heavy atom. The van der Waals surface area contributed by atoms with Gasteiger partial charge in [0.05, 0.1) is 18.4 Å². The number of methoxy groups -OCH3 is 1. The molecule has 0 aromatic heterocycles. The van der Waals surface area contributed by atoms with E-state index in [2.05, 4.69) is 10.0 Å². The Labute approximate surface area is 251 Å². The number of hydrazine groups is 2. The summed E-state index contributed by atoms with van der Waals surface area (Å²) in [6, 6.07) is 7.68. The topological polar surface area (TPSA) is 91.9 Å². The molecule has 2 heterocycles. The molecule has 0 radical (unpaired) electrons. The molecule has 2 aliphatic heterocycles. The minimum Gasteiger partial charge on any atom is -0.496 e. The van der Waals surface area contributed by atoms with Crippen LogP contribution in [0.15, 0.2) is 24.3 Å². The van der Waals surface area contributed by atoms with Gasteiger partial charge < -0.3 is 14.3 Å². The Balaban J connectivity index is 1.36. The van der Waals surface area contributed by atoms with Crippen molar-refractivity contribution in [2.75, 3.05) is 46.4 Å². The lowest BCUT2D eigenvalue weighted by Crippen LogP contribution is -2.60. The molecule has 1 saturated carbocycles. The summed E-state index contributed by atoms with van der Waals surface area (Å²) >= 11 is 0. The van der Waals surface area contributed by atoms with Crippen molar-refractivity contribution in [2.45, 2.75) is 91.1 Å². The zero-order chi connectivity index (χ0) is 30.3. The van der Waals surface area contributed by atoms with E-state index < -0.39 is 11.0 Å². The van der Waals surface area contributed by atoms with Crippen LogP contribution in [-0.2, 0) is 30.4 Å². The van der Waals surface area contributed by atoms with Crippen LogP contribution in [0, 0.1) is 11.3 Å². The highest BCUT2D eigenvalue weighted by atomic mass is 16.8. The second-order valence-electron chi connectivity index (χ2n) is 13.1. The molecule has 1 amide bonds. The van der Waals surface area contributed by atoms with Gasteiger partial charge in [-0.2, -0.15) is 5.01 Å². The highest BCUT2D eigenvalue weighted by Gasteiger charge is 2.40. The van der Waals surface area contributed by atoms with E-state index in [0.29, 0.717) is 32.6 Å². The predicted octanol–water partition coefficient (Wildman–Crippen LogP) is 4.39. The van der Waals surface area contributed by atoms with E-state index in [0.717, 1.165) is 69.3 Å². The lowest BCUT2D eigenvalue weighted by Gasteiger charge is -2.45. The van der Waals surface area contributed by atoms with Crippen molar-refractivity contribution >= 4 is 17.8 Å². The molecule has 0 N–H and O–H groups in total. The molecule has 4 rings (SSSR count). The highest BCUT2D eigenvalue weighted by molar-refractivity contribution is 5.80. The van der Waals surface area contributed by atoms with Crippen LogP contribution in [0.2, 0.25) is 0 Å². The number of hydrogen-bond acceptors (Lipinski definition) is 9. The van der Waals surface area contributed by atoms with E-state index in [1.54, 1.807) is 7.11 Å².